The molecule has 3 aromatic carbocycles. The molecule has 4 heteroatoms. The number of amides is 1. The fraction of sp³-hybridized carbons (Fsp3) is 0.321. The summed E-state index contributed by atoms with van der Waals surface area (Å²) in [6.07, 6.45) is 1.51. The third-order valence-electron chi connectivity index (χ3n) is 6.81. The molecule has 1 amide bonds. The summed E-state index contributed by atoms with van der Waals surface area (Å²) in [4.78, 5) is 20.2. The number of carbonyl (C=O) groups excluding carboxylic acids is 1. The van der Waals surface area contributed by atoms with Gasteiger partial charge >= 0.3 is 0 Å². The van der Waals surface area contributed by atoms with Crippen molar-refractivity contribution in [3.8, 4) is 0 Å². The Bertz CT molecular complexity index is 1030. The van der Waals surface area contributed by atoms with Gasteiger partial charge in [-0.15, -0.1) is 0 Å². The first-order valence-corrected chi connectivity index (χ1v) is 11.7. The molecule has 5 rings (SSSR count). The maximum Gasteiger partial charge on any atom is 0.227 e. The Kier molecular flexibility index (Phi) is 6.22. The third kappa shape index (κ3) is 4.42. The van der Waals surface area contributed by atoms with E-state index in [2.05, 4.69) is 87.5 Å². The Hall–Kier alpha value is -3.11. The summed E-state index contributed by atoms with van der Waals surface area (Å²) in [5.41, 5.74) is 4.95. The summed E-state index contributed by atoms with van der Waals surface area (Å²) in [5.74, 6) is 0.242. The van der Waals surface area contributed by atoms with Gasteiger partial charge in [-0.25, -0.2) is 0 Å². The number of piperazine rings is 1. The molecule has 2 aliphatic rings. The first-order valence-electron chi connectivity index (χ1n) is 11.7. The van der Waals surface area contributed by atoms with Crippen LogP contribution in [0.3, 0.4) is 0 Å². The number of anilines is 1. The van der Waals surface area contributed by atoms with Gasteiger partial charge in [0.15, 0.2) is 0 Å². The number of hydrogen-bond donors (Lipinski definition) is 0. The molecule has 1 unspecified atom stereocenters. The van der Waals surface area contributed by atoms with Gasteiger partial charge in [0, 0.05) is 38.4 Å². The molecule has 0 aromatic heterocycles. The van der Waals surface area contributed by atoms with Crippen molar-refractivity contribution >= 4 is 11.6 Å². The van der Waals surface area contributed by atoms with Gasteiger partial charge in [0.1, 0.15) is 0 Å². The lowest BCUT2D eigenvalue weighted by atomic mass is 9.87. The minimum Gasteiger partial charge on any atom is -0.369 e. The normalized spacial score (nSPS) is 19.1. The van der Waals surface area contributed by atoms with Crippen LogP contribution in [0.2, 0.25) is 0 Å². The second kappa shape index (κ2) is 9.58. The standard InChI is InChI=1S/C28H31N3O/c32-27-22-24-12-7-8-15-26(24)28(23-10-3-1-4-11-23)31(27)17-9-16-29-18-20-30(21-19-29)25-13-5-2-6-14-25/h1-8,10-15,28H,9,16-22H2. The van der Waals surface area contributed by atoms with Crippen LogP contribution < -0.4 is 4.90 Å². The quantitative estimate of drug-likeness (QED) is 0.587. The monoisotopic (exact) mass is 425 g/mol. The number of hydrogen-bond acceptors (Lipinski definition) is 3. The molecule has 2 aliphatic heterocycles. The van der Waals surface area contributed by atoms with E-state index in [0.29, 0.717) is 6.42 Å². The summed E-state index contributed by atoms with van der Waals surface area (Å²) in [5, 5.41) is 0. The number of nitrogens with zero attached hydrogens (tertiary/aromatic N) is 3. The van der Waals surface area contributed by atoms with Crippen LogP contribution >= 0.6 is 0 Å². The van der Waals surface area contributed by atoms with E-state index < -0.39 is 0 Å². The molecule has 0 bridgehead atoms. The minimum absolute atomic E-state index is 0.0172. The SMILES string of the molecule is O=C1Cc2ccccc2C(c2ccccc2)N1CCCN1CCN(c2ccccc2)CC1. The van der Waals surface area contributed by atoms with Crippen LogP contribution in [0, 0.1) is 0 Å². The highest BCUT2D eigenvalue weighted by molar-refractivity contribution is 5.82. The average Bonchev–Trinajstić information content (AvgIpc) is 2.86. The highest BCUT2D eigenvalue weighted by atomic mass is 16.2. The zero-order valence-electron chi connectivity index (χ0n) is 18.6. The van der Waals surface area contributed by atoms with Crippen molar-refractivity contribution in [2.75, 3.05) is 44.2 Å². The van der Waals surface area contributed by atoms with Gasteiger partial charge in [0.2, 0.25) is 5.91 Å². The Balaban J connectivity index is 1.22. The van der Waals surface area contributed by atoms with Gasteiger partial charge < -0.3 is 9.80 Å². The molecule has 0 saturated carbocycles. The largest absolute Gasteiger partial charge is 0.369 e. The fourth-order valence-corrected chi connectivity index (χ4v) is 5.12. The van der Waals surface area contributed by atoms with Crippen LogP contribution in [0.4, 0.5) is 5.69 Å². The van der Waals surface area contributed by atoms with Crippen molar-refractivity contribution in [2.24, 2.45) is 0 Å². The van der Waals surface area contributed by atoms with Crippen LogP contribution in [0.15, 0.2) is 84.9 Å². The van der Waals surface area contributed by atoms with Gasteiger partial charge in [-0.2, -0.15) is 0 Å². The van der Waals surface area contributed by atoms with E-state index in [1.165, 1.54) is 22.4 Å². The molecule has 1 saturated heterocycles. The molecular formula is C28H31N3O. The van der Waals surface area contributed by atoms with Crippen LogP contribution in [-0.2, 0) is 11.2 Å². The summed E-state index contributed by atoms with van der Waals surface area (Å²) in [6, 6.07) is 29.6. The Morgan fingerprint density at radius 2 is 1.38 bits per heavy atom. The van der Waals surface area contributed by atoms with Crippen LogP contribution in [-0.4, -0.2) is 55.0 Å². The van der Waals surface area contributed by atoms with Crippen molar-refractivity contribution in [3.05, 3.63) is 102 Å². The van der Waals surface area contributed by atoms with Gasteiger partial charge in [-0.1, -0.05) is 72.8 Å². The molecule has 4 nitrogen and oxygen atoms in total. The highest BCUT2D eigenvalue weighted by Gasteiger charge is 2.33. The lowest BCUT2D eigenvalue weighted by molar-refractivity contribution is -0.133. The van der Waals surface area contributed by atoms with Gasteiger partial charge in [0.05, 0.1) is 12.5 Å². The van der Waals surface area contributed by atoms with E-state index in [1.807, 2.05) is 12.1 Å². The van der Waals surface area contributed by atoms with Crippen LogP contribution in [0.25, 0.3) is 0 Å². The van der Waals surface area contributed by atoms with E-state index >= 15 is 0 Å². The topological polar surface area (TPSA) is 26.8 Å². The maximum absolute atomic E-state index is 13.1. The first-order chi connectivity index (χ1) is 15.8. The summed E-state index contributed by atoms with van der Waals surface area (Å²) < 4.78 is 0. The van der Waals surface area contributed by atoms with Crippen molar-refractivity contribution in [2.45, 2.75) is 18.9 Å². The lowest BCUT2D eigenvalue weighted by Gasteiger charge is -2.39. The first kappa shape index (κ1) is 20.8. The predicted octanol–water partition coefficient (Wildman–Crippen LogP) is 4.37. The van der Waals surface area contributed by atoms with Crippen molar-refractivity contribution < 1.29 is 4.79 Å². The number of carbonyl (C=O) groups is 1. The molecule has 1 fully saturated rings. The maximum atomic E-state index is 13.1. The summed E-state index contributed by atoms with van der Waals surface area (Å²) in [6.45, 7) is 6.11. The molecule has 0 radical (unpaired) electrons. The number of fused-ring (bicyclic) bond motifs is 1. The van der Waals surface area contributed by atoms with E-state index in [9.17, 15) is 4.79 Å². The molecule has 3 aromatic rings. The van der Waals surface area contributed by atoms with Crippen molar-refractivity contribution in [3.63, 3.8) is 0 Å². The summed E-state index contributed by atoms with van der Waals surface area (Å²) >= 11 is 0. The van der Waals surface area contributed by atoms with Gasteiger partial charge in [-0.05, 0) is 41.8 Å². The molecule has 32 heavy (non-hydrogen) atoms. The van der Waals surface area contributed by atoms with E-state index in [4.69, 9.17) is 0 Å². The van der Waals surface area contributed by atoms with E-state index in [-0.39, 0.29) is 11.9 Å². The van der Waals surface area contributed by atoms with Crippen LogP contribution in [0.5, 0.6) is 0 Å². The molecule has 1 atom stereocenters. The number of rotatable bonds is 6. The Morgan fingerprint density at radius 1 is 0.719 bits per heavy atom. The number of benzene rings is 3. The Labute approximate surface area is 191 Å². The third-order valence-corrected chi connectivity index (χ3v) is 6.81. The highest BCUT2D eigenvalue weighted by Crippen LogP contribution is 2.35. The molecular weight excluding hydrogens is 394 g/mol. The average molecular weight is 426 g/mol. The minimum atomic E-state index is 0.0172. The molecule has 2 heterocycles. The molecule has 0 N–H and O–H groups in total. The van der Waals surface area contributed by atoms with E-state index in [0.717, 1.165) is 45.7 Å². The van der Waals surface area contributed by atoms with Gasteiger partial charge in [0.25, 0.3) is 0 Å². The molecule has 164 valence electrons. The van der Waals surface area contributed by atoms with Crippen molar-refractivity contribution in [1.29, 1.82) is 0 Å². The Morgan fingerprint density at radius 3 is 2.12 bits per heavy atom. The van der Waals surface area contributed by atoms with Gasteiger partial charge in [-0.3, -0.25) is 9.69 Å². The second-order valence-corrected chi connectivity index (χ2v) is 8.79. The number of para-hydroxylation sites is 1. The fourth-order valence-electron chi connectivity index (χ4n) is 5.12. The van der Waals surface area contributed by atoms with Crippen molar-refractivity contribution in [1.82, 2.24) is 9.80 Å². The smallest absolute Gasteiger partial charge is 0.227 e. The molecule has 0 aliphatic carbocycles. The summed E-state index contributed by atoms with van der Waals surface area (Å²) in [7, 11) is 0. The zero-order valence-corrected chi connectivity index (χ0v) is 18.6. The zero-order chi connectivity index (χ0) is 21.8. The van der Waals surface area contributed by atoms with E-state index in [1.54, 1.807) is 0 Å². The predicted molar refractivity (Wildman–Crippen MR) is 130 cm³/mol. The van der Waals surface area contributed by atoms with Crippen LogP contribution in [0.1, 0.15) is 29.2 Å². The lowest BCUT2D eigenvalue weighted by Crippen LogP contribution is -2.47. The molecule has 0 spiro atoms. The second-order valence-electron chi connectivity index (χ2n) is 8.79.